The summed E-state index contributed by atoms with van der Waals surface area (Å²) in [6.45, 7) is 5.45. The van der Waals surface area contributed by atoms with Crippen LogP contribution in [0.25, 0.3) is 0 Å². The van der Waals surface area contributed by atoms with Gasteiger partial charge in [0.15, 0.2) is 8.38 Å². The van der Waals surface area contributed by atoms with Gasteiger partial charge in [-0.3, -0.25) is 4.79 Å². The zero-order chi connectivity index (χ0) is 10.4. The van der Waals surface area contributed by atoms with Crippen LogP contribution in [0.15, 0.2) is 12.2 Å². The largest absolute Gasteiger partial charge is 0.481 e. The van der Waals surface area contributed by atoms with Gasteiger partial charge in [-0.15, -0.1) is 0 Å². The Labute approximate surface area is 78.8 Å². The first kappa shape index (κ1) is 12.6. The first-order valence-corrected chi connectivity index (χ1v) is 5.39. The third-order valence-electron chi connectivity index (χ3n) is 1.79. The lowest BCUT2D eigenvalue weighted by Crippen LogP contribution is -2.09. The molecule has 0 amide bonds. The van der Waals surface area contributed by atoms with Crippen LogP contribution in [0.4, 0.5) is 0 Å². The van der Waals surface area contributed by atoms with E-state index in [2.05, 4.69) is 6.58 Å². The van der Waals surface area contributed by atoms with E-state index in [0.29, 0.717) is 6.42 Å². The number of carbonyl (C=O) groups is 1. The lowest BCUT2D eigenvalue weighted by atomic mass is 9.99. The van der Waals surface area contributed by atoms with Gasteiger partial charge in [0.2, 0.25) is 0 Å². The van der Waals surface area contributed by atoms with Crippen molar-refractivity contribution >= 4 is 14.3 Å². The van der Waals surface area contributed by atoms with Crippen molar-refractivity contribution in [1.82, 2.24) is 0 Å². The van der Waals surface area contributed by atoms with Crippen LogP contribution in [-0.4, -0.2) is 27.0 Å². The van der Waals surface area contributed by atoms with E-state index in [1.165, 1.54) is 0 Å². The van der Waals surface area contributed by atoms with E-state index in [4.69, 9.17) is 14.9 Å². The Hall–Kier alpha value is -0.440. The van der Waals surface area contributed by atoms with E-state index >= 15 is 0 Å². The predicted molar refractivity (Wildman–Crippen MR) is 51.4 cm³/mol. The van der Waals surface area contributed by atoms with Gasteiger partial charge in [0.1, 0.15) is 0 Å². The van der Waals surface area contributed by atoms with Crippen LogP contribution < -0.4 is 0 Å². The molecular weight excluding hydrogens is 191 g/mol. The maximum absolute atomic E-state index is 10.3. The Balaban J connectivity index is 3.95. The van der Waals surface area contributed by atoms with E-state index in [1.54, 1.807) is 6.92 Å². The van der Waals surface area contributed by atoms with E-state index in [1.807, 2.05) is 0 Å². The molecule has 0 saturated heterocycles. The Bertz CT molecular complexity index is 191. The molecule has 0 saturated carbocycles. The minimum Gasteiger partial charge on any atom is -0.481 e. The summed E-state index contributed by atoms with van der Waals surface area (Å²) >= 11 is 0. The maximum Gasteiger partial charge on any atom is 0.303 e. The van der Waals surface area contributed by atoms with Crippen LogP contribution in [-0.2, 0) is 4.79 Å². The summed E-state index contributed by atoms with van der Waals surface area (Å²) in [5, 5.41) is 8.43. The highest BCUT2D eigenvalue weighted by Gasteiger charge is 2.15. The second kappa shape index (κ2) is 6.08. The summed E-state index contributed by atoms with van der Waals surface area (Å²) in [5.74, 6) is -0.969. The summed E-state index contributed by atoms with van der Waals surface area (Å²) in [5.41, 5.74) is 0.803. The van der Waals surface area contributed by atoms with Crippen molar-refractivity contribution in [3.8, 4) is 0 Å². The number of hydrogen-bond acceptors (Lipinski definition) is 3. The van der Waals surface area contributed by atoms with E-state index in [-0.39, 0.29) is 18.5 Å². The SMILES string of the molecule is C=C(C)C(CCC(=O)O)CP(O)O. The van der Waals surface area contributed by atoms with Gasteiger partial charge >= 0.3 is 5.97 Å². The Morgan fingerprint density at radius 1 is 1.54 bits per heavy atom. The van der Waals surface area contributed by atoms with Crippen LogP contribution in [0.2, 0.25) is 0 Å². The molecule has 0 spiro atoms. The lowest BCUT2D eigenvalue weighted by molar-refractivity contribution is -0.137. The third-order valence-corrected chi connectivity index (χ3v) is 2.55. The normalized spacial score (nSPS) is 12.9. The summed E-state index contributed by atoms with van der Waals surface area (Å²) in [6.07, 6.45) is 0.684. The number of hydrogen-bond donors (Lipinski definition) is 3. The first-order valence-electron chi connectivity index (χ1n) is 3.96. The van der Waals surface area contributed by atoms with Crippen LogP contribution in [0.3, 0.4) is 0 Å². The molecule has 4 nitrogen and oxygen atoms in total. The highest BCUT2D eigenvalue weighted by atomic mass is 31.2. The molecular formula is C8H15O4P. The molecule has 0 aliphatic rings. The molecule has 0 fully saturated rings. The zero-order valence-corrected chi connectivity index (χ0v) is 8.50. The van der Waals surface area contributed by atoms with Crippen molar-refractivity contribution in [3.63, 3.8) is 0 Å². The maximum atomic E-state index is 10.3. The quantitative estimate of drug-likeness (QED) is 0.452. The second-order valence-electron chi connectivity index (χ2n) is 3.03. The fourth-order valence-electron chi connectivity index (χ4n) is 0.988. The average molecular weight is 206 g/mol. The van der Waals surface area contributed by atoms with Gasteiger partial charge in [0.05, 0.1) is 0 Å². The van der Waals surface area contributed by atoms with Crippen LogP contribution in [0.1, 0.15) is 19.8 Å². The number of carboxylic acids is 1. The van der Waals surface area contributed by atoms with Gasteiger partial charge in [-0.25, -0.2) is 0 Å². The topological polar surface area (TPSA) is 77.8 Å². The van der Waals surface area contributed by atoms with Crippen molar-refractivity contribution in [2.75, 3.05) is 6.16 Å². The van der Waals surface area contributed by atoms with Gasteiger partial charge in [0.25, 0.3) is 0 Å². The van der Waals surface area contributed by atoms with E-state index < -0.39 is 14.3 Å². The molecule has 0 aromatic heterocycles. The van der Waals surface area contributed by atoms with Crippen molar-refractivity contribution in [3.05, 3.63) is 12.2 Å². The molecule has 0 rings (SSSR count). The molecule has 0 aliphatic carbocycles. The smallest absolute Gasteiger partial charge is 0.303 e. The molecule has 0 radical (unpaired) electrons. The summed E-state index contributed by atoms with van der Waals surface area (Å²) < 4.78 is 0. The molecule has 1 unspecified atom stereocenters. The minimum absolute atomic E-state index is 0.0424. The Morgan fingerprint density at radius 2 is 2.08 bits per heavy atom. The fourth-order valence-corrected chi connectivity index (χ4v) is 1.88. The minimum atomic E-state index is -1.96. The molecule has 76 valence electrons. The average Bonchev–Trinajstić information content (AvgIpc) is 1.96. The molecule has 3 N–H and O–H groups in total. The lowest BCUT2D eigenvalue weighted by Gasteiger charge is -2.15. The molecule has 0 heterocycles. The predicted octanol–water partition coefficient (Wildman–Crippen LogP) is 1.34. The van der Waals surface area contributed by atoms with Crippen molar-refractivity contribution in [1.29, 1.82) is 0 Å². The van der Waals surface area contributed by atoms with E-state index in [0.717, 1.165) is 5.57 Å². The number of carboxylic acid groups (broad SMARTS) is 1. The summed E-state index contributed by atoms with van der Waals surface area (Å²) in [4.78, 5) is 27.8. The van der Waals surface area contributed by atoms with Crippen molar-refractivity contribution in [2.45, 2.75) is 19.8 Å². The van der Waals surface area contributed by atoms with Crippen LogP contribution in [0, 0.1) is 5.92 Å². The first-order chi connectivity index (χ1) is 5.93. The molecule has 0 aliphatic heterocycles. The van der Waals surface area contributed by atoms with E-state index in [9.17, 15) is 4.79 Å². The van der Waals surface area contributed by atoms with Gasteiger partial charge in [-0.05, 0) is 19.3 Å². The summed E-state index contributed by atoms with van der Waals surface area (Å²) in [7, 11) is -1.96. The van der Waals surface area contributed by atoms with Gasteiger partial charge in [-0.2, -0.15) is 0 Å². The molecule has 0 bridgehead atoms. The Kier molecular flexibility index (Phi) is 5.88. The molecule has 13 heavy (non-hydrogen) atoms. The van der Waals surface area contributed by atoms with Gasteiger partial charge in [0, 0.05) is 12.6 Å². The number of allylic oxidation sites excluding steroid dienone is 1. The number of rotatable bonds is 6. The summed E-state index contributed by atoms with van der Waals surface area (Å²) in [6, 6.07) is 0. The van der Waals surface area contributed by atoms with Crippen molar-refractivity contribution in [2.24, 2.45) is 5.92 Å². The van der Waals surface area contributed by atoms with Crippen LogP contribution >= 0.6 is 8.38 Å². The molecule has 5 heteroatoms. The monoisotopic (exact) mass is 206 g/mol. The fraction of sp³-hybridized carbons (Fsp3) is 0.625. The second-order valence-corrected chi connectivity index (χ2v) is 4.14. The Morgan fingerprint density at radius 3 is 2.38 bits per heavy atom. The van der Waals surface area contributed by atoms with Crippen LogP contribution in [0.5, 0.6) is 0 Å². The third kappa shape index (κ3) is 6.70. The molecule has 1 atom stereocenters. The number of aliphatic carboxylic acids is 1. The van der Waals surface area contributed by atoms with Gasteiger partial charge < -0.3 is 14.9 Å². The molecule has 0 aromatic carbocycles. The van der Waals surface area contributed by atoms with Crippen molar-refractivity contribution < 1.29 is 19.7 Å². The highest BCUT2D eigenvalue weighted by molar-refractivity contribution is 7.45. The standard InChI is InChI=1S/C8H15O4P/c1-6(2)7(5-13(11)12)3-4-8(9)10/h7,11-12H,1,3-5H2,2H3,(H,9,10). The van der Waals surface area contributed by atoms with Gasteiger partial charge in [-0.1, -0.05) is 12.2 Å². The highest BCUT2D eigenvalue weighted by Crippen LogP contribution is 2.31. The molecule has 0 aromatic rings. The zero-order valence-electron chi connectivity index (χ0n) is 7.60.